The molecule has 0 unspecified atom stereocenters. The zero-order valence-electron chi connectivity index (χ0n) is 15.9. The van der Waals surface area contributed by atoms with Crippen LogP contribution in [0.5, 0.6) is 0 Å². The van der Waals surface area contributed by atoms with Gasteiger partial charge in [0.15, 0.2) is 0 Å². The minimum Gasteiger partial charge on any atom is -0.453 e. The molecule has 2 N–H and O–H groups in total. The molecule has 0 radical (unpaired) electrons. The lowest BCUT2D eigenvalue weighted by molar-refractivity contribution is -0.135. The lowest BCUT2D eigenvalue weighted by Crippen LogP contribution is -2.51. The first-order valence-electron chi connectivity index (χ1n) is 9.27. The highest BCUT2D eigenvalue weighted by molar-refractivity contribution is 5.86. The molecule has 7 heteroatoms. The zero-order valence-corrected chi connectivity index (χ0v) is 15.9. The molecule has 2 heterocycles. The number of ether oxygens (including phenoxy) is 1. The predicted octanol–water partition coefficient (Wildman–Crippen LogP) is 3.12. The van der Waals surface area contributed by atoms with Crippen LogP contribution in [-0.2, 0) is 9.53 Å². The van der Waals surface area contributed by atoms with Gasteiger partial charge < -0.3 is 19.9 Å². The number of hydrogen-bond donors (Lipinski definition) is 2. The van der Waals surface area contributed by atoms with E-state index in [1.165, 1.54) is 7.11 Å². The summed E-state index contributed by atoms with van der Waals surface area (Å²) in [5.41, 5.74) is 1.89. The minimum absolute atomic E-state index is 0.0469. The molecule has 7 nitrogen and oxygen atoms in total. The maximum absolute atomic E-state index is 13.1. The molecule has 2 aromatic rings. The van der Waals surface area contributed by atoms with E-state index in [-0.39, 0.29) is 17.9 Å². The number of methoxy groups -OCH3 is 1. The standard InChI is InChI=1S/C20H26N4O3/c1-13(2)17(23-20(26)27-3)19(25)24-11-7-10-16(24)18-21-12-15(22-18)14-8-5-4-6-9-14/h4-6,8-9,12-13,16-17H,7,10-11H2,1-3H3,(H,21,22)(H,23,26)/t16-,17-/m0/s1. The van der Waals surface area contributed by atoms with Gasteiger partial charge in [-0.2, -0.15) is 0 Å². The molecule has 1 aliphatic heterocycles. The molecule has 1 aromatic carbocycles. The van der Waals surface area contributed by atoms with Crippen molar-refractivity contribution in [3.63, 3.8) is 0 Å². The van der Waals surface area contributed by atoms with E-state index in [0.29, 0.717) is 6.54 Å². The lowest BCUT2D eigenvalue weighted by atomic mass is 10.0. The Hall–Kier alpha value is -2.83. The van der Waals surface area contributed by atoms with Crippen molar-refractivity contribution in [2.24, 2.45) is 5.92 Å². The van der Waals surface area contributed by atoms with Crippen LogP contribution in [0.2, 0.25) is 0 Å². The van der Waals surface area contributed by atoms with Crippen molar-refractivity contribution in [2.45, 2.75) is 38.8 Å². The van der Waals surface area contributed by atoms with Crippen molar-refractivity contribution < 1.29 is 14.3 Å². The Morgan fingerprint density at radius 1 is 1.30 bits per heavy atom. The summed E-state index contributed by atoms with van der Waals surface area (Å²) in [6.07, 6.45) is 3.03. The number of nitrogens with one attached hydrogen (secondary N) is 2. The van der Waals surface area contributed by atoms with Crippen molar-refractivity contribution in [3.8, 4) is 11.3 Å². The number of H-pyrrole nitrogens is 1. The highest BCUT2D eigenvalue weighted by Crippen LogP contribution is 2.32. The van der Waals surface area contributed by atoms with Crippen LogP contribution in [0.15, 0.2) is 36.5 Å². The lowest BCUT2D eigenvalue weighted by Gasteiger charge is -2.29. The molecule has 2 atom stereocenters. The van der Waals surface area contributed by atoms with Gasteiger partial charge >= 0.3 is 6.09 Å². The number of likely N-dealkylation sites (tertiary alicyclic amines) is 1. The topological polar surface area (TPSA) is 87.3 Å². The molecule has 0 aliphatic carbocycles. The van der Waals surface area contributed by atoms with Crippen molar-refractivity contribution >= 4 is 12.0 Å². The Kier molecular flexibility index (Phi) is 5.78. The summed E-state index contributed by atoms with van der Waals surface area (Å²) in [5.74, 6) is 0.630. The molecular weight excluding hydrogens is 344 g/mol. The molecule has 0 spiro atoms. The van der Waals surface area contributed by atoms with Gasteiger partial charge in [0, 0.05) is 18.3 Å². The number of aromatic nitrogens is 2. The van der Waals surface area contributed by atoms with E-state index in [1.54, 1.807) is 0 Å². The van der Waals surface area contributed by atoms with Crippen LogP contribution >= 0.6 is 0 Å². The van der Waals surface area contributed by atoms with E-state index in [0.717, 1.165) is 29.9 Å². The second-order valence-electron chi connectivity index (χ2n) is 7.08. The first kappa shape index (κ1) is 18.9. The predicted molar refractivity (Wildman–Crippen MR) is 102 cm³/mol. The molecule has 0 saturated carbocycles. The smallest absolute Gasteiger partial charge is 0.407 e. The second kappa shape index (κ2) is 8.24. The molecule has 1 fully saturated rings. The van der Waals surface area contributed by atoms with E-state index in [4.69, 9.17) is 4.98 Å². The SMILES string of the molecule is COC(=O)N[C@H](C(=O)N1CCC[C@H]1c1nc(-c2ccccc2)c[nH]1)C(C)C. The number of rotatable bonds is 5. The van der Waals surface area contributed by atoms with Gasteiger partial charge in [-0.15, -0.1) is 0 Å². The van der Waals surface area contributed by atoms with Crippen LogP contribution in [0.4, 0.5) is 4.79 Å². The highest BCUT2D eigenvalue weighted by Gasteiger charge is 2.37. The largest absolute Gasteiger partial charge is 0.453 e. The van der Waals surface area contributed by atoms with E-state index in [1.807, 2.05) is 55.3 Å². The Bertz CT molecular complexity index is 788. The number of carbonyl (C=O) groups excluding carboxylic acids is 2. The number of hydrogen-bond acceptors (Lipinski definition) is 4. The number of alkyl carbamates (subject to hydrolysis) is 1. The quantitative estimate of drug-likeness (QED) is 0.846. The zero-order chi connectivity index (χ0) is 19.4. The van der Waals surface area contributed by atoms with Gasteiger partial charge in [0.2, 0.25) is 5.91 Å². The van der Waals surface area contributed by atoms with Gasteiger partial charge in [-0.3, -0.25) is 4.79 Å². The Morgan fingerprint density at radius 3 is 2.70 bits per heavy atom. The van der Waals surface area contributed by atoms with Crippen molar-refractivity contribution in [1.82, 2.24) is 20.2 Å². The van der Waals surface area contributed by atoms with E-state index in [9.17, 15) is 9.59 Å². The third-order valence-electron chi connectivity index (χ3n) is 4.91. The number of aromatic amines is 1. The number of carbonyl (C=O) groups is 2. The second-order valence-corrected chi connectivity index (χ2v) is 7.08. The van der Waals surface area contributed by atoms with Crippen LogP contribution in [0.25, 0.3) is 11.3 Å². The highest BCUT2D eigenvalue weighted by atomic mass is 16.5. The summed E-state index contributed by atoms with van der Waals surface area (Å²) in [6, 6.07) is 9.19. The summed E-state index contributed by atoms with van der Waals surface area (Å²) < 4.78 is 4.67. The van der Waals surface area contributed by atoms with Crippen LogP contribution in [0.3, 0.4) is 0 Å². The fourth-order valence-electron chi connectivity index (χ4n) is 3.46. The molecule has 1 aromatic heterocycles. The van der Waals surface area contributed by atoms with Crippen LogP contribution in [0, 0.1) is 5.92 Å². The van der Waals surface area contributed by atoms with Crippen molar-refractivity contribution in [2.75, 3.05) is 13.7 Å². The number of amides is 2. The summed E-state index contributed by atoms with van der Waals surface area (Å²) >= 11 is 0. The third kappa shape index (κ3) is 4.13. The fourth-order valence-corrected chi connectivity index (χ4v) is 3.46. The first-order valence-corrected chi connectivity index (χ1v) is 9.27. The van der Waals surface area contributed by atoms with Crippen molar-refractivity contribution in [3.05, 3.63) is 42.4 Å². The van der Waals surface area contributed by atoms with Gasteiger partial charge in [0.05, 0.1) is 18.8 Å². The number of imidazole rings is 1. The van der Waals surface area contributed by atoms with Gasteiger partial charge in [-0.25, -0.2) is 9.78 Å². The Morgan fingerprint density at radius 2 is 2.04 bits per heavy atom. The molecule has 27 heavy (non-hydrogen) atoms. The minimum atomic E-state index is -0.624. The molecule has 1 saturated heterocycles. The summed E-state index contributed by atoms with van der Waals surface area (Å²) in [5, 5.41) is 2.66. The van der Waals surface area contributed by atoms with Crippen LogP contribution < -0.4 is 5.32 Å². The molecular formula is C20H26N4O3. The van der Waals surface area contributed by atoms with Crippen LogP contribution in [-0.4, -0.2) is 46.6 Å². The summed E-state index contributed by atoms with van der Waals surface area (Å²) in [6.45, 7) is 4.46. The number of nitrogens with zero attached hydrogens (tertiary/aromatic N) is 2. The molecule has 2 amide bonds. The first-order chi connectivity index (χ1) is 13.0. The molecule has 144 valence electrons. The Labute approximate surface area is 159 Å². The number of benzene rings is 1. The Balaban J connectivity index is 1.79. The van der Waals surface area contributed by atoms with Gasteiger partial charge in [0.1, 0.15) is 11.9 Å². The fraction of sp³-hybridized carbons (Fsp3) is 0.450. The summed E-state index contributed by atoms with van der Waals surface area (Å²) in [4.78, 5) is 34.5. The molecule has 0 bridgehead atoms. The normalized spacial score (nSPS) is 17.8. The van der Waals surface area contributed by atoms with E-state index < -0.39 is 12.1 Å². The summed E-state index contributed by atoms with van der Waals surface area (Å²) in [7, 11) is 1.30. The van der Waals surface area contributed by atoms with Crippen molar-refractivity contribution in [1.29, 1.82) is 0 Å². The van der Waals surface area contributed by atoms with E-state index >= 15 is 0 Å². The van der Waals surface area contributed by atoms with Gasteiger partial charge in [-0.05, 0) is 18.8 Å². The van der Waals surface area contributed by atoms with E-state index in [2.05, 4.69) is 15.0 Å². The maximum Gasteiger partial charge on any atom is 0.407 e. The monoisotopic (exact) mass is 370 g/mol. The average Bonchev–Trinajstić information content (AvgIpc) is 3.34. The molecule has 3 rings (SSSR count). The average molecular weight is 370 g/mol. The van der Waals surface area contributed by atoms with Gasteiger partial charge in [0.25, 0.3) is 0 Å². The maximum atomic E-state index is 13.1. The van der Waals surface area contributed by atoms with Gasteiger partial charge in [-0.1, -0.05) is 44.2 Å². The molecule has 1 aliphatic rings. The third-order valence-corrected chi connectivity index (χ3v) is 4.91. The van der Waals surface area contributed by atoms with Crippen LogP contribution in [0.1, 0.15) is 38.6 Å².